The first kappa shape index (κ1) is 16.1. The fraction of sp³-hybridized carbons (Fsp3) is 0.412. The number of allylic oxidation sites excluding steroid dienone is 4. The van der Waals surface area contributed by atoms with Gasteiger partial charge in [0, 0.05) is 12.8 Å². The number of rotatable bonds is 5. The van der Waals surface area contributed by atoms with Crippen molar-refractivity contribution in [3.05, 3.63) is 48.4 Å². The highest BCUT2D eigenvalue weighted by atomic mass is 16.5. The molecule has 0 aromatic rings. The summed E-state index contributed by atoms with van der Waals surface area (Å²) in [5, 5.41) is 2.41. The Morgan fingerprint density at radius 1 is 1.45 bits per heavy atom. The van der Waals surface area contributed by atoms with E-state index in [1.54, 1.807) is 12.2 Å². The fourth-order valence-corrected chi connectivity index (χ4v) is 2.81. The molecule has 118 valence electrons. The zero-order chi connectivity index (χ0) is 16.1. The second-order valence-electron chi connectivity index (χ2n) is 5.45. The van der Waals surface area contributed by atoms with E-state index in [1.807, 2.05) is 17.9 Å². The third-order valence-corrected chi connectivity index (χ3v) is 3.83. The molecule has 0 spiro atoms. The number of carbonyl (C=O) groups excluding carboxylic acids is 2. The van der Waals surface area contributed by atoms with Crippen LogP contribution in [0.5, 0.6) is 0 Å². The van der Waals surface area contributed by atoms with Crippen molar-refractivity contribution in [2.45, 2.75) is 32.2 Å². The van der Waals surface area contributed by atoms with Crippen LogP contribution in [0.2, 0.25) is 0 Å². The third-order valence-electron chi connectivity index (χ3n) is 3.83. The van der Waals surface area contributed by atoms with Crippen LogP contribution in [0.25, 0.3) is 0 Å². The number of nitrogens with one attached hydrogen (secondary N) is 1. The number of carbonyl (C=O) groups is 2. The maximum atomic E-state index is 12.1. The highest BCUT2D eigenvalue weighted by molar-refractivity contribution is 6.00. The van der Waals surface area contributed by atoms with E-state index < -0.39 is 0 Å². The Morgan fingerprint density at radius 2 is 2.23 bits per heavy atom. The Kier molecular flexibility index (Phi) is 5.20. The first-order valence-electron chi connectivity index (χ1n) is 7.43. The molecule has 2 heterocycles. The molecule has 2 amide bonds. The maximum Gasteiger partial charge on any atom is 0.249 e. The van der Waals surface area contributed by atoms with Gasteiger partial charge < -0.3 is 9.64 Å². The van der Waals surface area contributed by atoms with E-state index in [-0.39, 0.29) is 17.9 Å². The van der Waals surface area contributed by atoms with Crippen molar-refractivity contribution >= 4 is 11.8 Å². The van der Waals surface area contributed by atoms with Crippen molar-refractivity contribution in [2.75, 3.05) is 13.2 Å². The average Bonchev–Trinajstić information content (AvgIpc) is 2.47. The molecule has 0 saturated carbocycles. The van der Waals surface area contributed by atoms with Gasteiger partial charge >= 0.3 is 0 Å². The second-order valence-corrected chi connectivity index (χ2v) is 5.45. The molecule has 2 rings (SSSR count). The summed E-state index contributed by atoms with van der Waals surface area (Å²) in [6, 6.07) is -0.340. The van der Waals surface area contributed by atoms with Gasteiger partial charge in [0.2, 0.25) is 11.8 Å². The summed E-state index contributed by atoms with van der Waals surface area (Å²) in [5.41, 5.74) is 1.95. The standard InChI is InChI=1S/C17H22N2O3/c1-4-6-12(3)11-15-13(5-2)19(9-10-22-15)14-7-8-16(20)18-17(14)21/h4-6,14H,1-2,7-11H2,3H3,(H,18,20,21). The van der Waals surface area contributed by atoms with E-state index in [9.17, 15) is 9.59 Å². The van der Waals surface area contributed by atoms with E-state index in [2.05, 4.69) is 18.5 Å². The van der Waals surface area contributed by atoms with Crippen molar-refractivity contribution in [1.82, 2.24) is 10.2 Å². The Balaban J connectivity index is 2.25. The van der Waals surface area contributed by atoms with E-state index in [0.29, 0.717) is 32.4 Å². The number of nitrogens with zero attached hydrogens (tertiary/aromatic N) is 1. The van der Waals surface area contributed by atoms with Crippen molar-refractivity contribution in [1.29, 1.82) is 0 Å². The number of hydrogen-bond donors (Lipinski definition) is 1. The molecule has 0 radical (unpaired) electrons. The molecule has 1 atom stereocenters. The second kappa shape index (κ2) is 7.11. The van der Waals surface area contributed by atoms with Crippen LogP contribution in [-0.2, 0) is 14.3 Å². The van der Waals surface area contributed by atoms with Crippen molar-refractivity contribution in [3.8, 4) is 0 Å². The number of piperidine rings is 1. The summed E-state index contributed by atoms with van der Waals surface area (Å²) in [6.45, 7) is 10.7. The van der Waals surface area contributed by atoms with Gasteiger partial charge in [0.1, 0.15) is 18.4 Å². The van der Waals surface area contributed by atoms with Gasteiger partial charge in [-0.1, -0.05) is 30.9 Å². The molecule has 1 unspecified atom stereocenters. The topological polar surface area (TPSA) is 58.6 Å². The predicted octanol–water partition coefficient (Wildman–Crippen LogP) is 2.04. The van der Waals surface area contributed by atoms with E-state index >= 15 is 0 Å². The molecule has 1 N–H and O–H groups in total. The Hall–Kier alpha value is -2.30. The molecule has 5 nitrogen and oxygen atoms in total. The summed E-state index contributed by atoms with van der Waals surface area (Å²) >= 11 is 0. The zero-order valence-corrected chi connectivity index (χ0v) is 12.9. The lowest BCUT2D eigenvalue weighted by atomic mass is 10.0. The summed E-state index contributed by atoms with van der Waals surface area (Å²) in [6.07, 6.45) is 6.93. The summed E-state index contributed by atoms with van der Waals surface area (Å²) in [7, 11) is 0. The molecule has 1 saturated heterocycles. The van der Waals surface area contributed by atoms with Crippen LogP contribution in [-0.4, -0.2) is 35.9 Å². The van der Waals surface area contributed by atoms with Gasteiger partial charge in [-0.05, 0) is 19.4 Å². The number of ether oxygens (including phenoxy) is 1. The lowest BCUT2D eigenvalue weighted by Crippen LogP contribution is -2.53. The zero-order valence-electron chi connectivity index (χ0n) is 12.9. The minimum atomic E-state index is -0.340. The Labute approximate surface area is 131 Å². The summed E-state index contributed by atoms with van der Waals surface area (Å²) < 4.78 is 5.77. The number of imide groups is 1. The van der Waals surface area contributed by atoms with Crippen LogP contribution < -0.4 is 5.32 Å². The Morgan fingerprint density at radius 3 is 2.86 bits per heavy atom. The lowest BCUT2D eigenvalue weighted by molar-refractivity contribution is -0.137. The van der Waals surface area contributed by atoms with E-state index in [1.165, 1.54) is 0 Å². The molecular weight excluding hydrogens is 280 g/mol. The highest BCUT2D eigenvalue weighted by Crippen LogP contribution is 2.27. The molecule has 5 heteroatoms. The highest BCUT2D eigenvalue weighted by Gasteiger charge is 2.34. The molecule has 0 aromatic carbocycles. The van der Waals surface area contributed by atoms with Crippen LogP contribution in [0.15, 0.2) is 48.4 Å². The van der Waals surface area contributed by atoms with E-state index in [0.717, 1.165) is 17.0 Å². The molecule has 2 aliphatic rings. The van der Waals surface area contributed by atoms with Gasteiger partial charge in [-0.3, -0.25) is 14.9 Å². The molecule has 0 aliphatic carbocycles. The third kappa shape index (κ3) is 3.47. The first-order valence-corrected chi connectivity index (χ1v) is 7.43. The molecule has 1 fully saturated rings. The molecule has 22 heavy (non-hydrogen) atoms. The largest absolute Gasteiger partial charge is 0.494 e. The van der Waals surface area contributed by atoms with Crippen molar-refractivity contribution < 1.29 is 14.3 Å². The molecule has 0 bridgehead atoms. The minimum absolute atomic E-state index is 0.205. The van der Waals surface area contributed by atoms with Crippen molar-refractivity contribution in [2.24, 2.45) is 0 Å². The summed E-state index contributed by atoms with van der Waals surface area (Å²) in [5.74, 6) is 0.361. The quantitative estimate of drug-likeness (QED) is 0.624. The minimum Gasteiger partial charge on any atom is -0.494 e. The van der Waals surface area contributed by atoms with Gasteiger partial charge in [0.15, 0.2) is 0 Å². The van der Waals surface area contributed by atoms with E-state index in [4.69, 9.17) is 4.74 Å². The SMILES string of the molecule is C=CC=C(C)CC1=C(C=C)N(C2CCC(=O)NC2=O)CCO1. The van der Waals surface area contributed by atoms with Crippen LogP contribution in [0.3, 0.4) is 0 Å². The monoisotopic (exact) mass is 302 g/mol. The lowest BCUT2D eigenvalue weighted by Gasteiger charge is -2.39. The molecule has 2 aliphatic heterocycles. The smallest absolute Gasteiger partial charge is 0.249 e. The number of amides is 2. The fourth-order valence-electron chi connectivity index (χ4n) is 2.81. The van der Waals surface area contributed by atoms with Gasteiger partial charge in [-0.25, -0.2) is 0 Å². The van der Waals surface area contributed by atoms with Gasteiger partial charge in [0.05, 0.1) is 12.2 Å². The number of hydrogen-bond acceptors (Lipinski definition) is 4. The average molecular weight is 302 g/mol. The normalized spacial score (nSPS) is 23.0. The first-order chi connectivity index (χ1) is 10.6. The molecular formula is C17H22N2O3. The van der Waals surface area contributed by atoms with Gasteiger partial charge in [0.25, 0.3) is 0 Å². The van der Waals surface area contributed by atoms with Crippen LogP contribution >= 0.6 is 0 Å². The van der Waals surface area contributed by atoms with Gasteiger partial charge in [-0.2, -0.15) is 0 Å². The predicted molar refractivity (Wildman–Crippen MR) is 84.6 cm³/mol. The Bertz CT molecular complexity index is 560. The van der Waals surface area contributed by atoms with Crippen molar-refractivity contribution in [3.63, 3.8) is 0 Å². The van der Waals surface area contributed by atoms with Gasteiger partial charge in [-0.15, -0.1) is 0 Å². The molecule has 0 aromatic heterocycles. The van der Waals surface area contributed by atoms with Crippen LogP contribution in [0.1, 0.15) is 26.2 Å². The summed E-state index contributed by atoms with van der Waals surface area (Å²) in [4.78, 5) is 25.4. The van der Waals surface area contributed by atoms with Crippen LogP contribution in [0, 0.1) is 0 Å². The van der Waals surface area contributed by atoms with Crippen LogP contribution in [0.4, 0.5) is 0 Å². The maximum absolute atomic E-state index is 12.1.